The molecule has 2 aromatic carbocycles. The van der Waals surface area contributed by atoms with Gasteiger partial charge in [0.05, 0.1) is 11.7 Å². The lowest BCUT2D eigenvalue weighted by Crippen LogP contribution is -2.29. The monoisotopic (exact) mass is 546 g/mol. The number of nitrogens with one attached hydrogen (secondary N) is 2. The Kier molecular flexibility index (Phi) is 7.46. The summed E-state index contributed by atoms with van der Waals surface area (Å²) in [7, 11) is 1.49. The topological polar surface area (TPSA) is 79.6 Å². The Hall–Kier alpha value is -3.72. The average molecular weight is 547 g/mol. The smallest absolute Gasteiger partial charge is 0.250 e. The number of hydrogen-bond acceptors (Lipinski definition) is 5. The molecule has 38 heavy (non-hydrogen) atoms. The number of rotatable bonds is 7. The number of carbonyl (C=O) groups excluding carboxylic acids is 1. The van der Waals surface area contributed by atoms with Gasteiger partial charge in [-0.05, 0) is 85.7 Å². The van der Waals surface area contributed by atoms with Crippen LogP contribution in [0, 0.1) is 13.8 Å². The number of halogens is 1. The van der Waals surface area contributed by atoms with Gasteiger partial charge < -0.3 is 24.7 Å². The highest BCUT2D eigenvalue weighted by atomic mass is 35.5. The van der Waals surface area contributed by atoms with E-state index in [4.69, 9.17) is 33.0 Å². The van der Waals surface area contributed by atoms with Crippen molar-refractivity contribution in [1.82, 2.24) is 10.3 Å². The second-order valence-electron chi connectivity index (χ2n) is 9.09. The molecule has 0 spiro atoms. The number of aromatic nitrogens is 1. The van der Waals surface area contributed by atoms with Gasteiger partial charge in [-0.2, -0.15) is 0 Å². The van der Waals surface area contributed by atoms with Crippen LogP contribution in [-0.4, -0.2) is 29.7 Å². The maximum atomic E-state index is 12.1. The minimum Gasteiger partial charge on any atom is -0.459 e. The first-order valence-corrected chi connectivity index (χ1v) is 12.9. The maximum Gasteiger partial charge on any atom is 0.250 e. The van der Waals surface area contributed by atoms with Crippen molar-refractivity contribution in [3.05, 3.63) is 101 Å². The Labute approximate surface area is 231 Å². The normalized spacial score (nSPS) is 16.9. The molecular formula is C29H27ClN4O3S. The summed E-state index contributed by atoms with van der Waals surface area (Å²) >= 11 is 12.2. The zero-order valence-electron chi connectivity index (χ0n) is 21.2. The summed E-state index contributed by atoms with van der Waals surface area (Å²) < 4.78 is 11.4. The van der Waals surface area contributed by atoms with E-state index in [9.17, 15) is 4.79 Å². The number of amides is 1. The fourth-order valence-corrected chi connectivity index (χ4v) is 5.23. The zero-order valence-corrected chi connectivity index (χ0v) is 22.8. The van der Waals surface area contributed by atoms with Gasteiger partial charge in [-0.1, -0.05) is 29.8 Å². The lowest BCUT2D eigenvalue weighted by atomic mass is 10.0. The molecule has 0 saturated carbocycles. The van der Waals surface area contributed by atoms with E-state index < -0.39 is 0 Å². The highest BCUT2D eigenvalue weighted by molar-refractivity contribution is 7.80. The van der Waals surface area contributed by atoms with Crippen molar-refractivity contribution in [2.75, 3.05) is 23.9 Å². The van der Waals surface area contributed by atoms with Crippen LogP contribution in [0.4, 0.5) is 11.4 Å². The Morgan fingerprint density at radius 2 is 2.00 bits per heavy atom. The number of thiocarbonyl (C=S) groups is 1. The summed E-state index contributed by atoms with van der Waals surface area (Å²) in [5, 5.41) is 7.57. The number of furan rings is 1. The summed E-state index contributed by atoms with van der Waals surface area (Å²) in [6.45, 7) is 3.91. The molecule has 0 radical (unpaired) electrons. The van der Waals surface area contributed by atoms with Gasteiger partial charge in [0.15, 0.2) is 5.11 Å². The number of carbonyl (C=O) groups is 1. The molecule has 2 aromatic heterocycles. The van der Waals surface area contributed by atoms with Crippen molar-refractivity contribution < 1.29 is 13.9 Å². The van der Waals surface area contributed by atoms with Crippen molar-refractivity contribution in [2.24, 2.45) is 0 Å². The molecule has 7 nitrogen and oxygen atoms in total. The van der Waals surface area contributed by atoms with Crippen LogP contribution in [0.2, 0.25) is 5.02 Å². The van der Waals surface area contributed by atoms with Gasteiger partial charge in [0.2, 0.25) is 5.91 Å². The second kappa shape index (κ2) is 10.9. The minimum atomic E-state index is -0.307. The van der Waals surface area contributed by atoms with Crippen molar-refractivity contribution in [3.8, 4) is 11.3 Å². The molecule has 2 atom stereocenters. The number of pyridine rings is 1. The number of anilines is 2. The Balaban J connectivity index is 1.55. The summed E-state index contributed by atoms with van der Waals surface area (Å²) in [5.41, 5.74) is 5.21. The predicted octanol–water partition coefficient (Wildman–Crippen LogP) is 6.37. The summed E-state index contributed by atoms with van der Waals surface area (Å²) in [4.78, 5) is 18.7. The third-order valence-corrected chi connectivity index (χ3v) is 7.31. The van der Waals surface area contributed by atoms with E-state index in [1.165, 1.54) is 7.11 Å². The molecule has 1 aliphatic rings. The van der Waals surface area contributed by atoms with Gasteiger partial charge in [0, 0.05) is 35.3 Å². The molecule has 1 fully saturated rings. The number of methoxy groups -OCH3 is 1. The molecule has 2 N–H and O–H groups in total. The van der Waals surface area contributed by atoms with Crippen LogP contribution < -0.4 is 15.5 Å². The number of hydrogen-bond donors (Lipinski definition) is 2. The predicted molar refractivity (Wildman–Crippen MR) is 154 cm³/mol. The molecule has 2 unspecified atom stereocenters. The Morgan fingerprint density at radius 3 is 2.74 bits per heavy atom. The van der Waals surface area contributed by atoms with E-state index in [-0.39, 0.29) is 24.6 Å². The van der Waals surface area contributed by atoms with Gasteiger partial charge >= 0.3 is 0 Å². The maximum absolute atomic E-state index is 12.1. The van der Waals surface area contributed by atoms with E-state index >= 15 is 0 Å². The van der Waals surface area contributed by atoms with Crippen LogP contribution in [-0.2, 0) is 9.53 Å². The number of benzene rings is 2. The highest BCUT2D eigenvalue weighted by Gasteiger charge is 2.42. The third kappa shape index (κ3) is 5.03. The average Bonchev–Trinajstić information content (AvgIpc) is 3.52. The van der Waals surface area contributed by atoms with Gasteiger partial charge in [0.25, 0.3) is 0 Å². The Morgan fingerprint density at radius 1 is 1.16 bits per heavy atom. The van der Waals surface area contributed by atoms with Gasteiger partial charge in [-0.15, -0.1) is 0 Å². The fraction of sp³-hybridized carbons (Fsp3) is 0.207. The number of aryl methyl sites for hydroxylation is 1. The summed E-state index contributed by atoms with van der Waals surface area (Å²) in [6.07, 6.45) is 1.77. The van der Waals surface area contributed by atoms with Crippen LogP contribution in [0.1, 0.15) is 34.7 Å². The van der Waals surface area contributed by atoms with Gasteiger partial charge in [-0.25, -0.2) is 0 Å². The second-order valence-corrected chi connectivity index (χ2v) is 9.89. The van der Waals surface area contributed by atoms with E-state index in [1.54, 1.807) is 6.20 Å². The van der Waals surface area contributed by atoms with E-state index in [1.807, 2.05) is 85.5 Å². The molecule has 1 aliphatic heterocycles. The molecule has 0 bridgehead atoms. The van der Waals surface area contributed by atoms with Crippen molar-refractivity contribution in [2.45, 2.75) is 25.9 Å². The lowest BCUT2D eigenvalue weighted by molar-refractivity contribution is -0.119. The van der Waals surface area contributed by atoms with Crippen LogP contribution >= 0.6 is 23.8 Å². The molecular weight excluding hydrogens is 520 g/mol. The third-order valence-electron chi connectivity index (χ3n) is 6.59. The molecule has 3 heterocycles. The van der Waals surface area contributed by atoms with E-state index in [0.29, 0.717) is 15.8 Å². The van der Waals surface area contributed by atoms with Crippen LogP contribution in [0.5, 0.6) is 0 Å². The quantitative estimate of drug-likeness (QED) is 0.261. The first-order valence-electron chi connectivity index (χ1n) is 12.1. The lowest BCUT2D eigenvalue weighted by Gasteiger charge is -2.27. The van der Waals surface area contributed by atoms with Crippen LogP contribution in [0.3, 0.4) is 0 Å². The first kappa shape index (κ1) is 25.9. The Bertz CT molecular complexity index is 1490. The molecule has 1 amide bonds. The van der Waals surface area contributed by atoms with Crippen molar-refractivity contribution in [3.63, 3.8) is 0 Å². The van der Waals surface area contributed by atoms with Gasteiger partial charge in [0.1, 0.15) is 24.2 Å². The number of nitrogens with zero attached hydrogens (tertiary/aromatic N) is 2. The SMILES string of the molecule is COCC(=O)Nc1ccc(N2C(=S)NC(c3ccccn3)C2c2ccc(-c3cccc(Cl)c3C)o2)cc1C. The van der Waals surface area contributed by atoms with Crippen molar-refractivity contribution in [1.29, 1.82) is 0 Å². The standard InChI is InChI=1S/C29H27ClN4O3S/c1-17-15-19(10-11-22(17)32-26(35)16-36-3)34-28(27(33-29(34)38)23-9-4-5-14-31-23)25-13-12-24(37-25)20-7-6-8-21(30)18(20)2/h4-15,27-28H,16H2,1-3H3,(H,32,35)(H,33,38). The van der Waals surface area contributed by atoms with E-state index in [2.05, 4.69) is 15.6 Å². The van der Waals surface area contributed by atoms with Crippen LogP contribution in [0.25, 0.3) is 11.3 Å². The molecule has 194 valence electrons. The van der Waals surface area contributed by atoms with Crippen LogP contribution in [0.15, 0.2) is 77.3 Å². The van der Waals surface area contributed by atoms with Gasteiger partial charge in [-0.3, -0.25) is 9.78 Å². The summed E-state index contributed by atoms with van der Waals surface area (Å²) in [5.74, 6) is 1.25. The molecule has 1 saturated heterocycles. The minimum absolute atomic E-state index is 0.0118. The summed E-state index contributed by atoms with van der Waals surface area (Å²) in [6, 6.07) is 20.8. The number of ether oxygens (including phenoxy) is 1. The fourth-order valence-electron chi connectivity index (χ4n) is 4.71. The first-order chi connectivity index (χ1) is 18.4. The zero-order chi connectivity index (χ0) is 26.8. The molecule has 4 aromatic rings. The van der Waals surface area contributed by atoms with E-state index in [0.717, 1.165) is 39.6 Å². The highest BCUT2D eigenvalue weighted by Crippen LogP contribution is 2.44. The molecule has 0 aliphatic carbocycles. The largest absolute Gasteiger partial charge is 0.459 e. The molecule has 9 heteroatoms. The molecule has 5 rings (SSSR count). The van der Waals surface area contributed by atoms with Crippen molar-refractivity contribution >= 4 is 46.2 Å².